The predicted molar refractivity (Wildman–Crippen MR) is 59.8 cm³/mol. The normalized spacial score (nSPS) is 13.9. The molecular weight excluding hydrogens is 307 g/mol. The van der Waals surface area contributed by atoms with Crippen LogP contribution in [0, 0.1) is 0 Å². The summed E-state index contributed by atoms with van der Waals surface area (Å²) in [6, 6.07) is 0.719. The van der Waals surface area contributed by atoms with Crippen molar-refractivity contribution in [2.75, 3.05) is 6.61 Å². The standard InChI is InChI=1S/C9H9BrClF2NO2/c10-6-5(11)2-1-4(7(6)16)8(14)9(12,13)3-15/h1-2,8,15-16H,3,14H2/t8-/m0/s1. The Morgan fingerprint density at radius 3 is 2.56 bits per heavy atom. The summed E-state index contributed by atoms with van der Waals surface area (Å²) >= 11 is 8.60. The molecule has 0 aliphatic carbocycles. The van der Waals surface area contributed by atoms with Crippen LogP contribution in [0.3, 0.4) is 0 Å². The SMILES string of the molecule is N[C@@H](c1ccc(Cl)c(Br)c1O)C(F)(F)CO. The lowest BCUT2D eigenvalue weighted by atomic mass is 10.0. The highest BCUT2D eigenvalue weighted by Gasteiger charge is 2.39. The van der Waals surface area contributed by atoms with Crippen LogP contribution in [0.1, 0.15) is 11.6 Å². The topological polar surface area (TPSA) is 66.5 Å². The summed E-state index contributed by atoms with van der Waals surface area (Å²) in [6.07, 6.45) is 0. The second kappa shape index (κ2) is 4.83. The van der Waals surface area contributed by atoms with Gasteiger partial charge in [-0.05, 0) is 22.0 Å². The molecule has 0 bridgehead atoms. The third kappa shape index (κ3) is 2.45. The number of rotatable bonds is 3. The van der Waals surface area contributed by atoms with Crippen molar-refractivity contribution >= 4 is 27.5 Å². The third-order valence-electron chi connectivity index (χ3n) is 2.10. The summed E-state index contributed by atoms with van der Waals surface area (Å²) in [7, 11) is 0. The van der Waals surface area contributed by atoms with E-state index in [1.807, 2.05) is 0 Å². The van der Waals surface area contributed by atoms with Gasteiger partial charge in [0.25, 0.3) is 5.92 Å². The smallest absolute Gasteiger partial charge is 0.289 e. The van der Waals surface area contributed by atoms with Crippen LogP contribution in [0.2, 0.25) is 5.02 Å². The summed E-state index contributed by atoms with van der Waals surface area (Å²) < 4.78 is 26.3. The fourth-order valence-electron chi connectivity index (χ4n) is 1.13. The van der Waals surface area contributed by atoms with Gasteiger partial charge in [-0.15, -0.1) is 0 Å². The van der Waals surface area contributed by atoms with Crippen molar-refractivity contribution in [2.24, 2.45) is 5.73 Å². The molecule has 0 radical (unpaired) electrons. The molecule has 4 N–H and O–H groups in total. The van der Waals surface area contributed by atoms with Gasteiger partial charge in [0.2, 0.25) is 0 Å². The Kier molecular flexibility index (Phi) is 4.12. The molecule has 0 aliphatic heterocycles. The van der Waals surface area contributed by atoms with E-state index in [1.165, 1.54) is 12.1 Å². The molecule has 1 aromatic rings. The van der Waals surface area contributed by atoms with E-state index >= 15 is 0 Å². The number of hydrogen-bond donors (Lipinski definition) is 3. The molecule has 90 valence electrons. The van der Waals surface area contributed by atoms with Gasteiger partial charge >= 0.3 is 0 Å². The lowest BCUT2D eigenvalue weighted by molar-refractivity contribution is -0.0716. The lowest BCUT2D eigenvalue weighted by Crippen LogP contribution is -2.36. The Labute approximate surface area is 104 Å². The number of nitrogens with two attached hydrogens (primary N) is 1. The van der Waals surface area contributed by atoms with Gasteiger partial charge in [0.15, 0.2) is 0 Å². The summed E-state index contributed by atoms with van der Waals surface area (Å²) in [6.45, 7) is -1.39. The number of aromatic hydroxyl groups is 1. The van der Waals surface area contributed by atoms with Crippen molar-refractivity contribution < 1.29 is 19.0 Å². The minimum absolute atomic E-state index is 0.0934. The van der Waals surface area contributed by atoms with E-state index in [0.29, 0.717) is 0 Å². The quantitative estimate of drug-likeness (QED) is 0.802. The van der Waals surface area contributed by atoms with Crippen LogP contribution in [0.5, 0.6) is 5.75 Å². The second-order valence-electron chi connectivity index (χ2n) is 3.20. The fourth-order valence-corrected chi connectivity index (χ4v) is 1.65. The Bertz CT molecular complexity index is 403. The van der Waals surface area contributed by atoms with E-state index in [2.05, 4.69) is 15.9 Å². The van der Waals surface area contributed by atoms with E-state index in [9.17, 15) is 13.9 Å². The van der Waals surface area contributed by atoms with Crippen LogP contribution in [-0.4, -0.2) is 22.7 Å². The summed E-state index contributed by atoms with van der Waals surface area (Å²) in [5.74, 6) is -3.96. The number of phenolic OH excluding ortho intramolecular Hbond substituents is 1. The van der Waals surface area contributed by atoms with Crippen LogP contribution in [0.4, 0.5) is 8.78 Å². The summed E-state index contributed by atoms with van der Waals surface area (Å²) in [5, 5.41) is 18.3. The summed E-state index contributed by atoms with van der Waals surface area (Å²) in [4.78, 5) is 0. The van der Waals surface area contributed by atoms with Gasteiger partial charge in [-0.1, -0.05) is 17.7 Å². The van der Waals surface area contributed by atoms with E-state index in [4.69, 9.17) is 22.4 Å². The van der Waals surface area contributed by atoms with Crippen molar-refractivity contribution in [2.45, 2.75) is 12.0 Å². The van der Waals surface area contributed by atoms with Gasteiger partial charge in [-0.2, -0.15) is 0 Å². The van der Waals surface area contributed by atoms with Gasteiger partial charge in [-0.25, -0.2) is 8.78 Å². The average molecular weight is 317 g/mol. The maximum Gasteiger partial charge on any atom is 0.289 e. The zero-order valence-corrected chi connectivity index (χ0v) is 10.3. The zero-order valence-electron chi connectivity index (χ0n) is 7.92. The molecule has 0 heterocycles. The Morgan fingerprint density at radius 2 is 2.06 bits per heavy atom. The van der Waals surface area contributed by atoms with Gasteiger partial charge in [0.05, 0.1) is 9.50 Å². The van der Waals surface area contributed by atoms with E-state index < -0.39 is 24.3 Å². The molecule has 0 aromatic heterocycles. The Hall–Kier alpha value is -0.430. The molecule has 3 nitrogen and oxygen atoms in total. The second-order valence-corrected chi connectivity index (χ2v) is 4.40. The number of aliphatic hydroxyl groups is 1. The molecule has 0 aliphatic rings. The Balaban J connectivity index is 3.20. The molecule has 0 saturated heterocycles. The molecule has 1 rings (SSSR count). The molecule has 0 amide bonds. The third-order valence-corrected chi connectivity index (χ3v) is 3.45. The van der Waals surface area contributed by atoms with Crippen molar-refractivity contribution in [1.82, 2.24) is 0 Å². The largest absolute Gasteiger partial charge is 0.506 e. The zero-order chi connectivity index (χ0) is 12.5. The Morgan fingerprint density at radius 1 is 1.50 bits per heavy atom. The molecule has 1 atom stereocenters. The van der Waals surface area contributed by atoms with E-state index in [1.54, 1.807) is 0 Å². The number of aliphatic hydroxyl groups excluding tert-OH is 1. The monoisotopic (exact) mass is 315 g/mol. The van der Waals surface area contributed by atoms with Crippen molar-refractivity contribution in [1.29, 1.82) is 0 Å². The van der Waals surface area contributed by atoms with E-state index in [0.717, 1.165) is 0 Å². The maximum atomic E-state index is 13.1. The minimum atomic E-state index is -3.51. The first kappa shape index (κ1) is 13.6. The van der Waals surface area contributed by atoms with Crippen LogP contribution in [-0.2, 0) is 0 Å². The maximum absolute atomic E-state index is 13.1. The van der Waals surface area contributed by atoms with Crippen molar-refractivity contribution in [3.63, 3.8) is 0 Å². The van der Waals surface area contributed by atoms with Crippen LogP contribution in [0.25, 0.3) is 0 Å². The van der Waals surface area contributed by atoms with Crippen LogP contribution >= 0.6 is 27.5 Å². The molecule has 0 saturated carbocycles. The first-order chi connectivity index (χ1) is 7.31. The predicted octanol–water partition coefficient (Wildman–Crippen LogP) is 2.44. The number of halogens is 4. The van der Waals surface area contributed by atoms with Gasteiger partial charge < -0.3 is 15.9 Å². The molecule has 7 heteroatoms. The number of alkyl halides is 2. The number of phenols is 1. The van der Waals surface area contributed by atoms with Gasteiger partial charge in [-0.3, -0.25) is 0 Å². The number of benzene rings is 1. The molecule has 0 fully saturated rings. The van der Waals surface area contributed by atoms with Crippen LogP contribution in [0.15, 0.2) is 16.6 Å². The first-order valence-electron chi connectivity index (χ1n) is 4.22. The highest BCUT2D eigenvalue weighted by atomic mass is 79.9. The average Bonchev–Trinajstić information content (AvgIpc) is 2.25. The summed E-state index contributed by atoms with van der Waals surface area (Å²) in [5.41, 5.74) is 5.08. The molecule has 1 aromatic carbocycles. The molecular formula is C9H9BrClF2NO2. The molecule has 0 unspecified atom stereocenters. The highest BCUT2D eigenvalue weighted by Crippen LogP contribution is 2.40. The highest BCUT2D eigenvalue weighted by molar-refractivity contribution is 9.10. The van der Waals surface area contributed by atoms with Crippen molar-refractivity contribution in [3.8, 4) is 5.75 Å². The number of hydrogen-bond acceptors (Lipinski definition) is 3. The van der Waals surface area contributed by atoms with Crippen LogP contribution < -0.4 is 5.73 Å². The van der Waals surface area contributed by atoms with Gasteiger partial charge in [0, 0.05) is 5.56 Å². The van der Waals surface area contributed by atoms with Gasteiger partial charge in [0.1, 0.15) is 18.4 Å². The molecule has 0 spiro atoms. The molecule has 16 heavy (non-hydrogen) atoms. The minimum Gasteiger partial charge on any atom is -0.506 e. The fraction of sp³-hybridized carbons (Fsp3) is 0.333. The first-order valence-corrected chi connectivity index (χ1v) is 5.39. The lowest BCUT2D eigenvalue weighted by Gasteiger charge is -2.22. The van der Waals surface area contributed by atoms with E-state index in [-0.39, 0.29) is 15.1 Å². The van der Waals surface area contributed by atoms with Crippen molar-refractivity contribution in [3.05, 3.63) is 27.2 Å².